The molecular formula is C13H13FO3. The Morgan fingerprint density at radius 1 is 1.53 bits per heavy atom. The molecule has 0 saturated heterocycles. The van der Waals surface area contributed by atoms with Gasteiger partial charge in [0.1, 0.15) is 6.10 Å². The maximum Gasteiger partial charge on any atom is 0.226 e. The topological polar surface area (TPSA) is 39.4 Å². The summed E-state index contributed by atoms with van der Waals surface area (Å²) in [4.78, 5) is 11.9. The average molecular weight is 236 g/mol. The molecule has 1 unspecified atom stereocenters. The van der Waals surface area contributed by atoms with Crippen LogP contribution in [0.4, 0.5) is 4.39 Å². The SMILES string of the molecule is CCOC(C)C(=O)c1cc2cccc(F)c2o1. The average Bonchev–Trinajstić information content (AvgIpc) is 2.73. The smallest absolute Gasteiger partial charge is 0.226 e. The Labute approximate surface area is 98.2 Å². The molecular weight excluding hydrogens is 223 g/mol. The second-order valence-corrected chi connectivity index (χ2v) is 3.73. The first-order chi connectivity index (χ1) is 8.13. The summed E-state index contributed by atoms with van der Waals surface area (Å²) in [5, 5.41) is 0.581. The minimum absolute atomic E-state index is 0.111. The molecule has 1 heterocycles. The van der Waals surface area contributed by atoms with Gasteiger partial charge < -0.3 is 9.15 Å². The summed E-state index contributed by atoms with van der Waals surface area (Å²) in [6.07, 6.45) is -0.580. The third-order valence-electron chi connectivity index (χ3n) is 2.52. The van der Waals surface area contributed by atoms with Crippen molar-refractivity contribution in [1.82, 2.24) is 0 Å². The lowest BCUT2D eigenvalue weighted by Crippen LogP contribution is -2.20. The van der Waals surface area contributed by atoms with Gasteiger partial charge in [-0.2, -0.15) is 0 Å². The van der Waals surface area contributed by atoms with Gasteiger partial charge in [-0.3, -0.25) is 4.79 Å². The van der Waals surface area contributed by atoms with Gasteiger partial charge in [-0.15, -0.1) is 0 Å². The van der Waals surface area contributed by atoms with Crippen molar-refractivity contribution in [3.8, 4) is 0 Å². The first-order valence-corrected chi connectivity index (χ1v) is 5.47. The molecule has 17 heavy (non-hydrogen) atoms. The predicted octanol–water partition coefficient (Wildman–Crippen LogP) is 3.18. The Morgan fingerprint density at radius 3 is 2.94 bits per heavy atom. The number of ether oxygens (including phenoxy) is 1. The number of carbonyl (C=O) groups is 1. The van der Waals surface area contributed by atoms with Crippen molar-refractivity contribution < 1.29 is 18.3 Å². The summed E-state index contributed by atoms with van der Waals surface area (Å²) in [6, 6.07) is 6.11. The van der Waals surface area contributed by atoms with Crippen molar-refractivity contribution in [3.05, 3.63) is 35.8 Å². The van der Waals surface area contributed by atoms with Crippen LogP contribution in [0.15, 0.2) is 28.7 Å². The summed E-state index contributed by atoms with van der Waals surface area (Å²) < 4.78 is 23.8. The van der Waals surface area contributed by atoms with Crippen LogP contribution in [0.5, 0.6) is 0 Å². The van der Waals surface area contributed by atoms with Gasteiger partial charge in [0.15, 0.2) is 17.2 Å². The van der Waals surface area contributed by atoms with Gasteiger partial charge >= 0.3 is 0 Å². The number of carbonyl (C=O) groups excluding carboxylic acids is 1. The lowest BCUT2D eigenvalue weighted by atomic mass is 10.2. The molecule has 1 aromatic heterocycles. The Hall–Kier alpha value is -1.68. The highest BCUT2D eigenvalue weighted by Crippen LogP contribution is 2.23. The van der Waals surface area contributed by atoms with E-state index in [0.717, 1.165) is 0 Å². The monoisotopic (exact) mass is 236 g/mol. The van der Waals surface area contributed by atoms with E-state index < -0.39 is 11.9 Å². The molecule has 0 aliphatic heterocycles. The molecule has 0 amide bonds. The molecule has 1 atom stereocenters. The number of halogens is 1. The van der Waals surface area contributed by atoms with Gasteiger partial charge in [0.05, 0.1) is 0 Å². The van der Waals surface area contributed by atoms with Gasteiger partial charge in [0.2, 0.25) is 5.78 Å². The Morgan fingerprint density at radius 2 is 2.29 bits per heavy atom. The summed E-state index contributed by atoms with van der Waals surface area (Å²) >= 11 is 0. The molecule has 3 nitrogen and oxygen atoms in total. The number of Topliss-reactive ketones (excluding diaryl/α,β-unsaturated/α-hetero) is 1. The van der Waals surface area contributed by atoms with Gasteiger partial charge in [0, 0.05) is 12.0 Å². The number of ketones is 1. The second-order valence-electron chi connectivity index (χ2n) is 3.73. The first kappa shape index (κ1) is 11.8. The van der Waals surface area contributed by atoms with Crippen molar-refractivity contribution in [2.75, 3.05) is 6.61 Å². The van der Waals surface area contributed by atoms with Crippen molar-refractivity contribution in [1.29, 1.82) is 0 Å². The van der Waals surface area contributed by atoms with E-state index in [-0.39, 0.29) is 17.1 Å². The van der Waals surface area contributed by atoms with E-state index in [1.165, 1.54) is 12.1 Å². The van der Waals surface area contributed by atoms with Crippen LogP contribution in [0, 0.1) is 5.82 Å². The van der Waals surface area contributed by atoms with E-state index in [9.17, 15) is 9.18 Å². The Bertz CT molecular complexity index is 545. The number of benzene rings is 1. The van der Waals surface area contributed by atoms with Crippen molar-refractivity contribution >= 4 is 16.8 Å². The molecule has 2 aromatic rings. The zero-order valence-corrected chi connectivity index (χ0v) is 9.70. The quantitative estimate of drug-likeness (QED) is 0.765. The van der Waals surface area contributed by atoms with Crippen LogP contribution in [-0.2, 0) is 4.74 Å². The van der Waals surface area contributed by atoms with Gasteiger partial charge in [-0.1, -0.05) is 12.1 Å². The standard InChI is InChI=1S/C13H13FO3/c1-3-16-8(2)12(15)11-7-9-5-4-6-10(14)13(9)17-11/h4-8H,3H2,1-2H3. The lowest BCUT2D eigenvalue weighted by molar-refractivity contribution is 0.0497. The van der Waals surface area contributed by atoms with Gasteiger partial charge in [0.25, 0.3) is 0 Å². The number of hydrogen-bond acceptors (Lipinski definition) is 3. The van der Waals surface area contributed by atoms with Gasteiger partial charge in [-0.25, -0.2) is 4.39 Å². The fraction of sp³-hybridized carbons (Fsp3) is 0.308. The van der Waals surface area contributed by atoms with E-state index in [0.29, 0.717) is 12.0 Å². The van der Waals surface area contributed by atoms with Crippen molar-refractivity contribution in [2.24, 2.45) is 0 Å². The summed E-state index contributed by atoms with van der Waals surface area (Å²) in [6.45, 7) is 3.90. The number of rotatable bonds is 4. The second kappa shape index (κ2) is 4.67. The molecule has 0 aliphatic rings. The lowest BCUT2D eigenvalue weighted by Gasteiger charge is -2.07. The van der Waals surface area contributed by atoms with E-state index in [4.69, 9.17) is 9.15 Å². The molecule has 0 fully saturated rings. The Kier molecular flexibility index (Phi) is 3.24. The zero-order valence-electron chi connectivity index (χ0n) is 9.70. The van der Waals surface area contributed by atoms with Crippen LogP contribution in [0.25, 0.3) is 11.0 Å². The van der Waals surface area contributed by atoms with Crippen LogP contribution in [0.2, 0.25) is 0 Å². The number of furan rings is 1. The summed E-state index contributed by atoms with van der Waals surface area (Å²) in [5.74, 6) is -0.612. The van der Waals surface area contributed by atoms with Crippen LogP contribution in [-0.4, -0.2) is 18.5 Å². The van der Waals surface area contributed by atoms with E-state index in [2.05, 4.69) is 0 Å². The molecule has 0 radical (unpaired) electrons. The molecule has 4 heteroatoms. The summed E-state index contributed by atoms with van der Waals surface area (Å²) in [5.41, 5.74) is 0.111. The highest BCUT2D eigenvalue weighted by molar-refractivity contribution is 6.00. The minimum Gasteiger partial charge on any atom is -0.450 e. The van der Waals surface area contributed by atoms with Crippen molar-refractivity contribution in [3.63, 3.8) is 0 Å². The molecule has 90 valence electrons. The molecule has 0 bridgehead atoms. The molecule has 1 aromatic carbocycles. The fourth-order valence-corrected chi connectivity index (χ4v) is 1.67. The molecule has 0 aliphatic carbocycles. The molecule has 0 saturated carbocycles. The van der Waals surface area contributed by atoms with Gasteiger partial charge in [-0.05, 0) is 26.0 Å². The number of hydrogen-bond donors (Lipinski definition) is 0. The van der Waals surface area contributed by atoms with Crippen LogP contribution >= 0.6 is 0 Å². The number of fused-ring (bicyclic) bond motifs is 1. The normalized spacial score (nSPS) is 12.9. The molecule has 0 N–H and O–H groups in total. The Balaban J connectivity index is 2.37. The fourth-order valence-electron chi connectivity index (χ4n) is 1.67. The minimum atomic E-state index is -0.580. The summed E-state index contributed by atoms with van der Waals surface area (Å²) in [7, 11) is 0. The van der Waals surface area contributed by atoms with Crippen LogP contribution in [0.1, 0.15) is 24.4 Å². The van der Waals surface area contributed by atoms with Crippen LogP contribution in [0.3, 0.4) is 0 Å². The predicted molar refractivity (Wildman–Crippen MR) is 61.6 cm³/mol. The van der Waals surface area contributed by atoms with Crippen LogP contribution < -0.4 is 0 Å². The van der Waals surface area contributed by atoms with Crippen molar-refractivity contribution in [2.45, 2.75) is 20.0 Å². The maximum atomic E-state index is 13.4. The third-order valence-corrected chi connectivity index (χ3v) is 2.52. The number of para-hydroxylation sites is 1. The third kappa shape index (κ3) is 2.22. The maximum absolute atomic E-state index is 13.4. The molecule has 2 rings (SSSR count). The highest BCUT2D eigenvalue weighted by Gasteiger charge is 2.20. The van der Waals surface area contributed by atoms with E-state index >= 15 is 0 Å². The van der Waals surface area contributed by atoms with E-state index in [1.54, 1.807) is 19.1 Å². The molecule has 0 spiro atoms. The zero-order chi connectivity index (χ0) is 12.4. The first-order valence-electron chi connectivity index (χ1n) is 5.47. The highest BCUT2D eigenvalue weighted by atomic mass is 19.1. The largest absolute Gasteiger partial charge is 0.450 e. The van der Waals surface area contributed by atoms with E-state index in [1.807, 2.05) is 6.92 Å².